The van der Waals surface area contributed by atoms with Crippen LogP contribution in [0, 0.1) is 5.92 Å². The summed E-state index contributed by atoms with van der Waals surface area (Å²) in [4.78, 5) is 0. The van der Waals surface area contributed by atoms with Crippen LogP contribution in [0.5, 0.6) is 0 Å². The van der Waals surface area contributed by atoms with Crippen molar-refractivity contribution in [3.05, 3.63) is 73.3 Å². The minimum absolute atomic E-state index is 0.0343. The van der Waals surface area contributed by atoms with Crippen molar-refractivity contribution in [1.82, 2.24) is 0 Å². The normalized spacial score (nSPS) is 14.6. The second-order valence-electron chi connectivity index (χ2n) is 8.37. The van der Waals surface area contributed by atoms with Crippen molar-refractivity contribution in [2.75, 3.05) is 6.61 Å². The summed E-state index contributed by atoms with van der Waals surface area (Å²) in [5.74, 6) is 0.199. The van der Waals surface area contributed by atoms with Gasteiger partial charge < -0.3 is 9.53 Å². The third kappa shape index (κ3) is 4.98. The van der Waals surface area contributed by atoms with E-state index < -0.39 is 8.32 Å². The van der Waals surface area contributed by atoms with Crippen molar-refractivity contribution in [3.8, 4) is 0 Å². The molecule has 1 N–H and O–H groups in total. The molecular weight excluding hydrogens is 348 g/mol. The molecule has 2 aromatic carbocycles. The second kappa shape index (κ2) is 9.49. The molecule has 0 aliphatic rings. The van der Waals surface area contributed by atoms with Gasteiger partial charge in [0, 0.05) is 6.61 Å². The summed E-state index contributed by atoms with van der Waals surface area (Å²) in [7, 11) is -2.50. The predicted octanol–water partition coefficient (Wildman–Crippen LogP) is 4.53. The highest BCUT2D eigenvalue weighted by Gasteiger charge is 2.50. The molecule has 2 atom stereocenters. The lowest BCUT2D eigenvalue weighted by molar-refractivity contribution is 0.0896. The standard InChI is InChI=1S/C24H34O2Si/c1-6-13-20(2)23(25)18-19-26-27(24(3,4)5,21-14-9-7-10-15-21)22-16-11-8-12-17-22/h6-12,14-17,20,23,25H,1,13,18-19H2,2-5H3. The van der Waals surface area contributed by atoms with Crippen molar-refractivity contribution in [2.24, 2.45) is 5.92 Å². The number of allylic oxidation sites excluding steroid dienone is 1. The van der Waals surface area contributed by atoms with Crippen LogP contribution in [0.3, 0.4) is 0 Å². The lowest BCUT2D eigenvalue weighted by atomic mass is 9.99. The monoisotopic (exact) mass is 382 g/mol. The fourth-order valence-electron chi connectivity index (χ4n) is 3.80. The number of hydrogen-bond donors (Lipinski definition) is 1. The van der Waals surface area contributed by atoms with E-state index in [1.165, 1.54) is 10.4 Å². The fourth-order valence-corrected chi connectivity index (χ4v) is 8.38. The molecule has 2 unspecified atom stereocenters. The van der Waals surface area contributed by atoms with E-state index in [9.17, 15) is 5.11 Å². The minimum atomic E-state index is -2.50. The van der Waals surface area contributed by atoms with Crippen LogP contribution in [-0.2, 0) is 4.43 Å². The van der Waals surface area contributed by atoms with Gasteiger partial charge in [0.1, 0.15) is 0 Å². The van der Waals surface area contributed by atoms with Crippen LogP contribution < -0.4 is 10.4 Å². The lowest BCUT2D eigenvalue weighted by Gasteiger charge is -2.43. The van der Waals surface area contributed by atoms with Crippen LogP contribution in [0.15, 0.2) is 73.3 Å². The predicted molar refractivity (Wildman–Crippen MR) is 118 cm³/mol. The Labute approximate surface area is 166 Å². The first kappa shape index (κ1) is 21.6. The molecule has 2 aromatic rings. The van der Waals surface area contributed by atoms with Gasteiger partial charge in [0.25, 0.3) is 8.32 Å². The maximum Gasteiger partial charge on any atom is 0.261 e. The molecule has 0 amide bonds. The van der Waals surface area contributed by atoms with Gasteiger partial charge in [0.2, 0.25) is 0 Å². The Kier molecular flexibility index (Phi) is 7.60. The van der Waals surface area contributed by atoms with Crippen LogP contribution in [0.25, 0.3) is 0 Å². The van der Waals surface area contributed by atoms with E-state index in [4.69, 9.17) is 4.43 Å². The van der Waals surface area contributed by atoms with Gasteiger partial charge >= 0.3 is 0 Å². The first-order chi connectivity index (χ1) is 12.8. The maximum atomic E-state index is 10.5. The maximum absolute atomic E-state index is 10.5. The van der Waals surface area contributed by atoms with Crippen LogP contribution in [0.1, 0.15) is 40.5 Å². The Morgan fingerprint density at radius 1 is 1.00 bits per heavy atom. The average Bonchev–Trinajstić information content (AvgIpc) is 2.65. The molecule has 0 aliphatic carbocycles. The smallest absolute Gasteiger partial charge is 0.261 e. The van der Waals surface area contributed by atoms with Crippen LogP contribution in [0.4, 0.5) is 0 Å². The molecule has 27 heavy (non-hydrogen) atoms. The van der Waals surface area contributed by atoms with Gasteiger partial charge in [-0.1, -0.05) is 94.4 Å². The molecule has 0 radical (unpaired) electrons. The highest BCUT2D eigenvalue weighted by molar-refractivity contribution is 6.99. The molecule has 2 rings (SSSR count). The topological polar surface area (TPSA) is 29.5 Å². The highest BCUT2D eigenvalue weighted by atomic mass is 28.4. The third-order valence-electron chi connectivity index (χ3n) is 5.34. The van der Waals surface area contributed by atoms with Gasteiger partial charge in [0.15, 0.2) is 0 Å². The average molecular weight is 383 g/mol. The van der Waals surface area contributed by atoms with Crippen LogP contribution >= 0.6 is 0 Å². The SMILES string of the molecule is C=CCC(C)C(O)CCO[Si](c1ccccc1)(c1ccccc1)C(C)(C)C. The quantitative estimate of drug-likeness (QED) is 0.510. The fraction of sp³-hybridized carbons (Fsp3) is 0.417. The summed E-state index contributed by atoms with van der Waals surface area (Å²) in [6.45, 7) is 13.2. The third-order valence-corrected chi connectivity index (χ3v) is 10.4. The Balaban J connectivity index is 2.37. The van der Waals surface area contributed by atoms with Crippen molar-refractivity contribution in [3.63, 3.8) is 0 Å². The zero-order chi connectivity index (χ0) is 19.9. The van der Waals surface area contributed by atoms with E-state index in [0.29, 0.717) is 13.0 Å². The first-order valence-electron chi connectivity index (χ1n) is 9.87. The summed E-state index contributed by atoms with van der Waals surface area (Å²) in [5.41, 5.74) is 0. The second-order valence-corrected chi connectivity index (χ2v) is 12.7. The zero-order valence-corrected chi connectivity index (χ0v) is 18.2. The van der Waals surface area contributed by atoms with Crippen molar-refractivity contribution in [2.45, 2.75) is 51.7 Å². The molecule has 0 saturated heterocycles. The number of rotatable bonds is 9. The lowest BCUT2D eigenvalue weighted by Crippen LogP contribution is -2.66. The van der Waals surface area contributed by atoms with Gasteiger partial charge in [-0.25, -0.2) is 0 Å². The molecule has 2 nitrogen and oxygen atoms in total. The summed E-state index contributed by atoms with van der Waals surface area (Å²) in [6.07, 6.45) is 2.96. The van der Waals surface area contributed by atoms with E-state index >= 15 is 0 Å². The number of benzene rings is 2. The van der Waals surface area contributed by atoms with Gasteiger partial charge in [-0.2, -0.15) is 0 Å². The summed E-state index contributed by atoms with van der Waals surface area (Å²) >= 11 is 0. The molecule has 0 aliphatic heterocycles. The largest absolute Gasteiger partial charge is 0.407 e. The van der Waals surface area contributed by atoms with E-state index in [1.807, 2.05) is 6.08 Å². The molecular formula is C24H34O2Si. The number of aliphatic hydroxyl groups is 1. The van der Waals surface area contributed by atoms with Crippen LogP contribution in [-0.4, -0.2) is 26.1 Å². The van der Waals surface area contributed by atoms with Gasteiger partial charge in [0.05, 0.1) is 6.10 Å². The zero-order valence-electron chi connectivity index (χ0n) is 17.2. The Bertz CT molecular complexity index is 652. The molecule has 0 saturated carbocycles. The summed E-state index contributed by atoms with van der Waals surface area (Å²) in [6, 6.07) is 21.3. The van der Waals surface area contributed by atoms with Crippen LogP contribution in [0.2, 0.25) is 5.04 Å². The van der Waals surface area contributed by atoms with E-state index in [-0.39, 0.29) is 17.1 Å². The Hall–Kier alpha value is -1.68. The Morgan fingerprint density at radius 3 is 1.89 bits per heavy atom. The van der Waals surface area contributed by atoms with Gasteiger partial charge in [-0.15, -0.1) is 6.58 Å². The van der Waals surface area contributed by atoms with E-state index in [2.05, 4.69) is 94.9 Å². The van der Waals surface area contributed by atoms with Gasteiger partial charge in [-0.05, 0) is 34.2 Å². The number of hydrogen-bond acceptors (Lipinski definition) is 2. The van der Waals surface area contributed by atoms with Crippen molar-refractivity contribution in [1.29, 1.82) is 0 Å². The van der Waals surface area contributed by atoms with E-state index in [0.717, 1.165) is 6.42 Å². The molecule has 0 aromatic heterocycles. The summed E-state index contributed by atoms with van der Waals surface area (Å²) < 4.78 is 6.82. The van der Waals surface area contributed by atoms with Crippen molar-refractivity contribution >= 4 is 18.7 Å². The molecule has 0 heterocycles. The van der Waals surface area contributed by atoms with Gasteiger partial charge in [-0.3, -0.25) is 0 Å². The molecule has 0 spiro atoms. The highest BCUT2D eigenvalue weighted by Crippen LogP contribution is 2.36. The molecule has 0 fully saturated rings. The summed E-state index contributed by atoms with van der Waals surface area (Å²) in [5, 5.41) is 13.0. The molecule has 146 valence electrons. The minimum Gasteiger partial charge on any atom is -0.407 e. The van der Waals surface area contributed by atoms with E-state index in [1.54, 1.807) is 0 Å². The first-order valence-corrected chi connectivity index (χ1v) is 11.8. The van der Waals surface area contributed by atoms with Crippen molar-refractivity contribution < 1.29 is 9.53 Å². The number of aliphatic hydroxyl groups excluding tert-OH is 1. The molecule has 3 heteroatoms. The Morgan fingerprint density at radius 2 is 1.48 bits per heavy atom. The molecule has 0 bridgehead atoms.